The molecule has 1 amide bonds. The smallest absolute Gasteiger partial charge is 0.248 e. The van der Waals surface area contributed by atoms with Gasteiger partial charge in [-0.2, -0.15) is 11.8 Å². The molecule has 1 saturated heterocycles. The molecule has 0 N–H and O–H groups in total. The van der Waals surface area contributed by atoms with Crippen LogP contribution in [-0.4, -0.2) is 47.6 Å². The summed E-state index contributed by atoms with van der Waals surface area (Å²) in [7, 11) is 0. The molecule has 0 unspecified atom stereocenters. The van der Waals surface area contributed by atoms with Crippen molar-refractivity contribution in [1.82, 2.24) is 4.90 Å². The number of hydrogen-bond acceptors (Lipinski definition) is 3. The molecule has 2 atom stereocenters. The summed E-state index contributed by atoms with van der Waals surface area (Å²) in [6.07, 6.45) is 2.24. The molecule has 0 aliphatic carbocycles. The number of nitrogens with zero attached hydrogens (tertiary/aromatic N) is 1. The lowest BCUT2D eigenvalue weighted by molar-refractivity contribution is -0.139. The third-order valence-electron chi connectivity index (χ3n) is 3.08. The standard InChI is InChI=1S/C12H23NO2S/c1-4-11(3)15-9-12(14)13-6-8-16-7-5-10(13)2/h10-11H,4-9H2,1-3H3/t10-,11-/m0/s1. The number of rotatable bonds is 4. The molecule has 0 bridgehead atoms. The number of hydrogen-bond donors (Lipinski definition) is 0. The normalized spacial score (nSPS) is 23.9. The Bertz CT molecular complexity index is 223. The van der Waals surface area contributed by atoms with Crippen LogP contribution in [0.1, 0.15) is 33.6 Å². The van der Waals surface area contributed by atoms with Gasteiger partial charge in [0, 0.05) is 18.3 Å². The molecule has 4 heteroatoms. The first-order valence-corrected chi connectivity index (χ1v) is 7.29. The summed E-state index contributed by atoms with van der Waals surface area (Å²) in [5, 5.41) is 0. The fourth-order valence-corrected chi connectivity index (χ4v) is 2.72. The zero-order chi connectivity index (χ0) is 12.0. The SMILES string of the molecule is CC[C@H](C)OCC(=O)N1CCSCC[C@@H]1C. The van der Waals surface area contributed by atoms with Crippen molar-refractivity contribution in [3.8, 4) is 0 Å². The van der Waals surface area contributed by atoms with E-state index in [2.05, 4.69) is 13.8 Å². The van der Waals surface area contributed by atoms with Crippen molar-refractivity contribution in [2.45, 2.75) is 45.8 Å². The van der Waals surface area contributed by atoms with E-state index in [1.165, 1.54) is 0 Å². The predicted octanol–water partition coefficient (Wildman–Crippen LogP) is 2.16. The lowest BCUT2D eigenvalue weighted by Crippen LogP contribution is -2.41. The van der Waals surface area contributed by atoms with Gasteiger partial charge in [0.05, 0.1) is 6.10 Å². The first kappa shape index (κ1) is 13.8. The summed E-state index contributed by atoms with van der Waals surface area (Å²) >= 11 is 1.93. The number of thioether (sulfide) groups is 1. The van der Waals surface area contributed by atoms with Gasteiger partial charge in [-0.15, -0.1) is 0 Å². The second-order valence-electron chi connectivity index (χ2n) is 4.37. The van der Waals surface area contributed by atoms with Gasteiger partial charge in [0.2, 0.25) is 5.91 Å². The van der Waals surface area contributed by atoms with Gasteiger partial charge in [-0.05, 0) is 32.4 Å². The highest BCUT2D eigenvalue weighted by molar-refractivity contribution is 7.99. The molecule has 3 nitrogen and oxygen atoms in total. The van der Waals surface area contributed by atoms with Gasteiger partial charge in [0.25, 0.3) is 0 Å². The molecule has 0 spiro atoms. The number of ether oxygens (including phenoxy) is 1. The summed E-state index contributed by atoms with van der Waals surface area (Å²) in [6, 6.07) is 0.364. The van der Waals surface area contributed by atoms with E-state index in [1.54, 1.807) is 0 Å². The third kappa shape index (κ3) is 4.34. The minimum Gasteiger partial charge on any atom is -0.369 e. The van der Waals surface area contributed by atoms with Crippen LogP contribution in [0.3, 0.4) is 0 Å². The van der Waals surface area contributed by atoms with Crippen molar-refractivity contribution in [2.24, 2.45) is 0 Å². The van der Waals surface area contributed by atoms with Crippen molar-refractivity contribution in [3.63, 3.8) is 0 Å². The highest BCUT2D eigenvalue weighted by atomic mass is 32.2. The lowest BCUT2D eigenvalue weighted by Gasteiger charge is -2.27. The third-order valence-corrected chi connectivity index (χ3v) is 4.07. The van der Waals surface area contributed by atoms with Gasteiger partial charge < -0.3 is 9.64 Å². The second kappa shape index (κ2) is 7.17. The molecule has 0 aromatic rings. The molecule has 0 radical (unpaired) electrons. The predicted molar refractivity (Wildman–Crippen MR) is 68.8 cm³/mol. The summed E-state index contributed by atoms with van der Waals surface area (Å²) in [4.78, 5) is 13.9. The van der Waals surface area contributed by atoms with Gasteiger partial charge in [0.15, 0.2) is 0 Å². The van der Waals surface area contributed by atoms with Crippen LogP contribution in [0.15, 0.2) is 0 Å². The van der Waals surface area contributed by atoms with Crippen LogP contribution in [-0.2, 0) is 9.53 Å². The van der Waals surface area contributed by atoms with Gasteiger partial charge >= 0.3 is 0 Å². The molecule has 94 valence electrons. The molecule has 1 fully saturated rings. The highest BCUT2D eigenvalue weighted by Crippen LogP contribution is 2.16. The summed E-state index contributed by atoms with van der Waals surface area (Å²) in [5.74, 6) is 2.37. The summed E-state index contributed by atoms with van der Waals surface area (Å²) < 4.78 is 5.50. The molecule has 0 aromatic carbocycles. The van der Waals surface area contributed by atoms with E-state index in [-0.39, 0.29) is 18.6 Å². The molecule has 16 heavy (non-hydrogen) atoms. The topological polar surface area (TPSA) is 29.5 Å². The van der Waals surface area contributed by atoms with Gasteiger partial charge in [-0.1, -0.05) is 6.92 Å². The number of amides is 1. The highest BCUT2D eigenvalue weighted by Gasteiger charge is 2.22. The Labute approximate surface area is 103 Å². The van der Waals surface area contributed by atoms with E-state index < -0.39 is 0 Å². The molecular weight excluding hydrogens is 222 g/mol. The van der Waals surface area contributed by atoms with Crippen molar-refractivity contribution >= 4 is 17.7 Å². The Hall–Kier alpha value is -0.220. The van der Waals surface area contributed by atoms with Crippen LogP contribution >= 0.6 is 11.8 Å². The van der Waals surface area contributed by atoms with Crippen LogP contribution in [0.25, 0.3) is 0 Å². The lowest BCUT2D eigenvalue weighted by atomic mass is 10.2. The minimum atomic E-state index is 0.148. The van der Waals surface area contributed by atoms with Crippen LogP contribution in [0.2, 0.25) is 0 Å². The number of carbonyl (C=O) groups is 1. The fourth-order valence-electron chi connectivity index (χ4n) is 1.68. The maximum atomic E-state index is 12.0. The van der Waals surface area contributed by atoms with Gasteiger partial charge in [-0.3, -0.25) is 4.79 Å². The monoisotopic (exact) mass is 245 g/mol. The van der Waals surface area contributed by atoms with Crippen LogP contribution in [0.5, 0.6) is 0 Å². The van der Waals surface area contributed by atoms with E-state index in [9.17, 15) is 4.79 Å². The first-order valence-electron chi connectivity index (χ1n) is 6.14. The van der Waals surface area contributed by atoms with Crippen LogP contribution < -0.4 is 0 Å². The Morgan fingerprint density at radius 3 is 3.00 bits per heavy atom. The van der Waals surface area contributed by atoms with Crippen molar-refractivity contribution in [1.29, 1.82) is 0 Å². The maximum absolute atomic E-state index is 12.0. The van der Waals surface area contributed by atoms with Crippen molar-refractivity contribution in [2.75, 3.05) is 24.7 Å². The molecular formula is C12H23NO2S. The van der Waals surface area contributed by atoms with E-state index in [1.807, 2.05) is 23.6 Å². The minimum absolute atomic E-state index is 0.148. The van der Waals surface area contributed by atoms with Crippen molar-refractivity contribution in [3.05, 3.63) is 0 Å². The quantitative estimate of drug-likeness (QED) is 0.760. The van der Waals surface area contributed by atoms with Gasteiger partial charge in [0.1, 0.15) is 6.61 Å². The summed E-state index contributed by atoms with van der Waals surface area (Å²) in [6.45, 7) is 7.32. The van der Waals surface area contributed by atoms with Gasteiger partial charge in [-0.25, -0.2) is 0 Å². The Kier molecular flexibility index (Phi) is 6.21. The van der Waals surface area contributed by atoms with E-state index in [0.717, 1.165) is 30.9 Å². The molecule has 1 heterocycles. The van der Waals surface area contributed by atoms with Crippen molar-refractivity contribution < 1.29 is 9.53 Å². The Balaban J connectivity index is 2.38. The van der Waals surface area contributed by atoms with E-state index in [0.29, 0.717) is 6.04 Å². The Morgan fingerprint density at radius 1 is 1.56 bits per heavy atom. The van der Waals surface area contributed by atoms with E-state index >= 15 is 0 Å². The van der Waals surface area contributed by atoms with Crippen LogP contribution in [0, 0.1) is 0 Å². The molecule has 0 saturated carbocycles. The zero-order valence-corrected chi connectivity index (χ0v) is 11.4. The van der Waals surface area contributed by atoms with Crippen LogP contribution in [0.4, 0.5) is 0 Å². The largest absolute Gasteiger partial charge is 0.369 e. The second-order valence-corrected chi connectivity index (χ2v) is 5.59. The average molecular weight is 245 g/mol. The maximum Gasteiger partial charge on any atom is 0.248 e. The molecule has 1 rings (SSSR count). The fraction of sp³-hybridized carbons (Fsp3) is 0.917. The Morgan fingerprint density at radius 2 is 2.31 bits per heavy atom. The number of carbonyl (C=O) groups excluding carboxylic acids is 1. The van der Waals surface area contributed by atoms with E-state index in [4.69, 9.17) is 4.74 Å². The molecule has 0 aromatic heterocycles. The molecule has 1 aliphatic heterocycles. The average Bonchev–Trinajstić information content (AvgIpc) is 2.50. The molecule has 1 aliphatic rings. The zero-order valence-electron chi connectivity index (χ0n) is 10.6. The summed E-state index contributed by atoms with van der Waals surface area (Å²) in [5.41, 5.74) is 0. The first-order chi connectivity index (χ1) is 7.65.